The summed E-state index contributed by atoms with van der Waals surface area (Å²) in [5.74, 6) is 1.76. The Bertz CT molecular complexity index is 870. The molecule has 0 unspecified atom stereocenters. The van der Waals surface area contributed by atoms with Crippen LogP contribution >= 0.6 is 11.6 Å². The molecule has 1 N–H and O–H groups in total. The minimum atomic E-state index is -0.592. The number of nitrogens with zero attached hydrogens (tertiary/aromatic N) is 3. The molecule has 4 rings (SSSR count). The standard InChI is InChI=1S/C20H20ClN3O3/c21-15-6-8-16(9-7-15)26-18-10-11-24(12-17(18)25)13-19-22-23-20(27-19)14-4-2-1-3-5-14/h1-9,17-18,25H,10-13H2/t17-,18-/m1/s1. The molecule has 3 aromatic rings. The lowest BCUT2D eigenvalue weighted by molar-refractivity contribution is -0.0292. The molecule has 0 amide bonds. The predicted molar refractivity (Wildman–Crippen MR) is 102 cm³/mol. The molecule has 1 saturated heterocycles. The Labute approximate surface area is 162 Å². The zero-order valence-corrected chi connectivity index (χ0v) is 15.4. The van der Waals surface area contributed by atoms with Gasteiger partial charge in [-0.2, -0.15) is 0 Å². The number of hydrogen-bond acceptors (Lipinski definition) is 6. The average molecular weight is 386 g/mol. The van der Waals surface area contributed by atoms with Crippen LogP contribution in [0.5, 0.6) is 5.75 Å². The molecule has 140 valence electrons. The van der Waals surface area contributed by atoms with Gasteiger partial charge in [-0.1, -0.05) is 29.8 Å². The molecule has 2 atom stereocenters. The van der Waals surface area contributed by atoms with Crippen LogP contribution in [-0.2, 0) is 6.54 Å². The minimum Gasteiger partial charge on any atom is -0.488 e. The Kier molecular flexibility index (Phi) is 5.38. The third-order valence-electron chi connectivity index (χ3n) is 4.55. The van der Waals surface area contributed by atoms with Gasteiger partial charge in [0.05, 0.1) is 6.54 Å². The summed E-state index contributed by atoms with van der Waals surface area (Å²) in [6.07, 6.45) is -0.125. The van der Waals surface area contributed by atoms with Crippen molar-refractivity contribution in [2.75, 3.05) is 13.1 Å². The molecule has 0 radical (unpaired) electrons. The Balaban J connectivity index is 1.33. The molecule has 1 aliphatic heterocycles. The molecule has 0 saturated carbocycles. The molecule has 7 heteroatoms. The average Bonchev–Trinajstić information content (AvgIpc) is 3.15. The first kappa shape index (κ1) is 18.0. The van der Waals surface area contributed by atoms with E-state index in [-0.39, 0.29) is 6.10 Å². The SMILES string of the molecule is O[C@@H]1CN(Cc2nnc(-c3ccccc3)o2)CC[C@H]1Oc1ccc(Cl)cc1. The molecule has 2 aromatic carbocycles. The summed E-state index contributed by atoms with van der Waals surface area (Å²) in [4.78, 5) is 2.09. The molecule has 0 spiro atoms. The first-order valence-corrected chi connectivity index (χ1v) is 9.25. The monoisotopic (exact) mass is 385 g/mol. The number of benzene rings is 2. The number of ether oxygens (including phenoxy) is 1. The highest BCUT2D eigenvalue weighted by Gasteiger charge is 2.30. The number of aliphatic hydroxyl groups excluding tert-OH is 1. The second kappa shape index (κ2) is 8.08. The number of aliphatic hydroxyl groups is 1. The van der Waals surface area contributed by atoms with Crippen molar-refractivity contribution < 1.29 is 14.3 Å². The van der Waals surface area contributed by atoms with Gasteiger partial charge in [-0.05, 0) is 42.8 Å². The number of halogens is 1. The van der Waals surface area contributed by atoms with Crippen LogP contribution in [0, 0.1) is 0 Å². The van der Waals surface area contributed by atoms with Crippen LogP contribution in [0.1, 0.15) is 12.3 Å². The van der Waals surface area contributed by atoms with Crippen molar-refractivity contribution in [2.24, 2.45) is 0 Å². The molecule has 6 nitrogen and oxygen atoms in total. The van der Waals surface area contributed by atoms with Gasteiger partial charge < -0.3 is 14.3 Å². The molecule has 1 aliphatic rings. The Morgan fingerprint density at radius 2 is 1.89 bits per heavy atom. The van der Waals surface area contributed by atoms with Gasteiger partial charge in [0, 0.05) is 23.7 Å². The fourth-order valence-corrected chi connectivity index (χ4v) is 3.28. The summed E-state index contributed by atoms with van der Waals surface area (Å²) >= 11 is 5.89. The topological polar surface area (TPSA) is 71.6 Å². The highest BCUT2D eigenvalue weighted by atomic mass is 35.5. The summed E-state index contributed by atoms with van der Waals surface area (Å²) in [6, 6.07) is 16.8. The van der Waals surface area contributed by atoms with Crippen LogP contribution in [0.4, 0.5) is 0 Å². The van der Waals surface area contributed by atoms with Gasteiger partial charge in [0.25, 0.3) is 0 Å². The van der Waals surface area contributed by atoms with E-state index >= 15 is 0 Å². The van der Waals surface area contributed by atoms with E-state index in [0.29, 0.717) is 42.1 Å². The van der Waals surface area contributed by atoms with E-state index in [2.05, 4.69) is 15.1 Å². The predicted octanol–water partition coefficient (Wildman–Crippen LogP) is 3.40. The Morgan fingerprint density at radius 1 is 1.11 bits per heavy atom. The fourth-order valence-electron chi connectivity index (χ4n) is 3.15. The molecule has 0 aliphatic carbocycles. The van der Waals surface area contributed by atoms with Crippen molar-refractivity contribution >= 4 is 11.6 Å². The lowest BCUT2D eigenvalue weighted by Crippen LogP contribution is -2.48. The molecular weight excluding hydrogens is 366 g/mol. The minimum absolute atomic E-state index is 0.245. The number of β-amino-alcohol motifs (C(OH)–C–C–N with tert-alkyl or cyclic N) is 1. The zero-order chi connectivity index (χ0) is 18.6. The Hall–Kier alpha value is -2.41. The van der Waals surface area contributed by atoms with E-state index in [0.717, 1.165) is 12.1 Å². The van der Waals surface area contributed by atoms with E-state index in [4.69, 9.17) is 20.8 Å². The van der Waals surface area contributed by atoms with Crippen LogP contribution in [-0.4, -0.2) is 45.5 Å². The third kappa shape index (κ3) is 4.47. The number of likely N-dealkylation sites (tertiary alicyclic amines) is 1. The van der Waals surface area contributed by atoms with Crippen LogP contribution in [0.15, 0.2) is 59.0 Å². The maximum atomic E-state index is 10.5. The molecule has 1 fully saturated rings. The lowest BCUT2D eigenvalue weighted by Gasteiger charge is -2.35. The second-order valence-corrected chi connectivity index (χ2v) is 7.00. The van der Waals surface area contributed by atoms with Crippen molar-refractivity contribution in [1.29, 1.82) is 0 Å². The fraction of sp³-hybridized carbons (Fsp3) is 0.300. The summed E-state index contributed by atoms with van der Waals surface area (Å²) in [5, 5.41) is 19.3. The summed E-state index contributed by atoms with van der Waals surface area (Å²) < 4.78 is 11.6. The number of hydrogen-bond donors (Lipinski definition) is 1. The van der Waals surface area contributed by atoms with Crippen LogP contribution in [0.25, 0.3) is 11.5 Å². The Morgan fingerprint density at radius 3 is 2.63 bits per heavy atom. The molecular formula is C20H20ClN3O3. The first-order chi connectivity index (χ1) is 13.2. The van der Waals surface area contributed by atoms with Crippen molar-refractivity contribution in [3.05, 3.63) is 65.5 Å². The number of piperidine rings is 1. The van der Waals surface area contributed by atoms with Crippen LogP contribution in [0.3, 0.4) is 0 Å². The highest BCUT2D eigenvalue weighted by Crippen LogP contribution is 2.23. The summed E-state index contributed by atoms with van der Waals surface area (Å²) in [6.45, 7) is 1.77. The summed E-state index contributed by atoms with van der Waals surface area (Å²) in [7, 11) is 0. The molecule has 1 aromatic heterocycles. The van der Waals surface area contributed by atoms with E-state index in [1.54, 1.807) is 12.1 Å². The first-order valence-electron chi connectivity index (χ1n) is 8.88. The van der Waals surface area contributed by atoms with Crippen molar-refractivity contribution in [3.8, 4) is 17.2 Å². The van der Waals surface area contributed by atoms with Crippen molar-refractivity contribution in [2.45, 2.75) is 25.2 Å². The van der Waals surface area contributed by atoms with E-state index in [1.807, 2.05) is 42.5 Å². The third-order valence-corrected chi connectivity index (χ3v) is 4.80. The lowest BCUT2D eigenvalue weighted by atomic mass is 10.0. The van der Waals surface area contributed by atoms with Gasteiger partial charge in [-0.15, -0.1) is 10.2 Å². The normalized spacial score (nSPS) is 20.5. The van der Waals surface area contributed by atoms with Crippen molar-refractivity contribution in [3.63, 3.8) is 0 Å². The van der Waals surface area contributed by atoms with E-state index in [9.17, 15) is 5.11 Å². The highest BCUT2D eigenvalue weighted by molar-refractivity contribution is 6.30. The van der Waals surface area contributed by atoms with Crippen LogP contribution < -0.4 is 4.74 Å². The maximum Gasteiger partial charge on any atom is 0.247 e. The number of aromatic nitrogens is 2. The summed E-state index contributed by atoms with van der Waals surface area (Å²) in [5.41, 5.74) is 0.895. The van der Waals surface area contributed by atoms with Gasteiger partial charge in [-0.3, -0.25) is 4.90 Å². The number of rotatable bonds is 5. The van der Waals surface area contributed by atoms with Crippen molar-refractivity contribution in [1.82, 2.24) is 15.1 Å². The maximum absolute atomic E-state index is 10.5. The molecule has 27 heavy (non-hydrogen) atoms. The van der Waals surface area contributed by atoms with Gasteiger partial charge in [-0.25, -0.2) is 0 Å². The quantitative estimate of drug-likeness (QED) is 0.725. The van der Waals surface area contributed by atoms with Gasteiger partial charge in [0.15, 0.2) is 0 Å². The van der Waals surface area contributed by atoms with E-state index < -0.39 is 6.10 Å². The van der Waals surface area contributed by atoms with E-state index in [1.165, 1.54) is 0 Å². The van der Waals surface area contributed by atoms with Gasteiger partial charge in [0.2, 0.25) is 11.8 Å². The zero-order valence-electron chi connectivity index (χ0n) is 14.7. The van der Waals surface area contributed by atoms with Crippen LogP contribution in [0.2, 0.25) is 5.02 Å². The molecule has 0 bridgehead atoms. The largest absolute Gasteiger partial charge is 0.488 e. The smallest absolute Gasteiger partial charge is 0.247 e. The van der Waals surface area contributed by atoms with Gasteiger partial charge >= 0.3 is 0 Å². The second-order valence-electron chi connectivity index (χ2n) is 6.57. The van der Waals surface area contributed by atoms with Gasteiger partial charge in [0.1, 0.15) is 18.0 Å². The molecule has 2 heterocycles.